The van der Waals surface area contributed by atoms with Crippen LogP contribution >= 0.6 is 0 Å². The molecule has 2 atom stereocenters. The van der Waals surface area contributed by atoms with E-state index in [2.05, 4.69) is 19.2 Å². The van der Waals surface area contributed by atoms with Crippen molar-refractivity contribution in [1.82, 2.24) is 10.2 Å². The number of hydrogen-bond acceptors (Lipinski definition) is 10. The Bertz CT molecular complexity index is 890. The van der Waals surface area contributed by atoms with Crippen LogP contribution in [0.25, 0.3) is 0 Å². The van der Waals surface area contributed by atoms with Gasteiger partial charge in [0.15, 0.2) is 0 Å². The minimum Gasteiger partial charge on any atom is -0.466 e. The first-order valence-electron chi connectivity index (χ1n) is 20.1. The van der Waals surface area contributed by atoms with Crippen LogP contribution in [0.2, 0.25) is 0 Å². The highest BCUT2D eigenvalue weighted by atomic mass is 16.5. The molecule has 0 aliphatic carbocycles. The molecule has 1 N–H and O–H groups in total. The van der Waals surface area contributed by atoms with Gasteiger partial charge in [-0.25, -0.2) is 0 Å². The number of ether oxygens (including phenoxy) is 6. The third kappa shape index (κ3) is 27.1. The molecule has 0 aromatic rings. The number of amides is 2. The SMILES string of the molecule is CCCCCCCCOC(=O)CCCCOC1CN(C(=O)CC(=O)NCCCOCCOC)CC1OCCCCCCC(=O)OCCCCCC. The molecule has 0 saturated carbocycles. The molecule has 0 aromatic heterocycles. The largest absolute Gasteiger partial charge is 0.466 e. The molecule has 1 aliphatic heterocycles. The predicted molar refractivity (Wildman–Crippen MR) is 197 cm³/mol. The fraction of sp³-hybridized carbons (Fsp3) is 0.897. The van der Waals surface area contributed by atoms with E-state index >= 15 is 0 Å². The van der Waals surface area contributed by atoms with Crippen molar-refractivity contribution in [3.63, 3.8) is 0 Å². The highest BCUT2D eigenvalue weighted by Crippen LogP contribution is 2.20. The van der Waals surface area contributed by atoms with E-state index in [1.165, 1.54) is 32.1 Å². The Morgan fingerprint density at radius 2 is 1.06 bits per heavy atom. The number of carbonyl (C=O) groups excluding carboxylic acids is 4. The average Bonchev–Trinajstić information content (AvgIpc) is 3.53. The van der Waals surface area contributed by atoms with Gasteiger partial charge in [-0.05, 0) is 44.9 Å². The molecule has 0 radical (unpaired) electrons. The average molecular weight is 729 g/mol. The van der Waals surface area contributed by atoms with Crippen molar-refractivity contribution < 1.29 is 47.6 Å². The Morgan fingerprint density at radius 1 is 0.569 bits per heavy atom. The quantitative estimate of drug-likeness (QED) is 0.0449. The fourth-order valence-electron chi connectivity index (χ4n) is 5.72. The lowest BCUT2D eigenvalue weighted by molar-refractivity contribution is -0.144. The van der Waals surface area contributed by atoms with Crippen LogP contribution in [-0.2, 0) is 47.6 Å². The second kappa shape index (κ2) is 33.5. The summed E-state index contributed by atoms with van der Waals surface area (Å²) in [6.07, 6.45) is 16.7. The number of rotatable bonds is 35. The van der Waals surface area contributed by atoms with Crippen LogP contribution in [0.1, 0.15) is 142 Å². The third-order valence-corrected chi connectivity index (χ3v) is 8.84. The van der Waals surface area contributed by atoms with Gasteiger partial charge in [-0.3, -0.25) is 19.2 Å². The van der Waals surface area contributed by atoms with Gasteiger partial charge in [-0.2, -0.15) is 0 Å². The number of methoxy groups -OCH3 is 1. The Labute approximate surface area is 308 Å². The zero-order valence-corrected chi connectivity index (χ0v) is 32.4. The standard InChI is InChI=1S/C39H72N2O10/c1-4-6-8-10-12-18-28-51-39(45)22-15-19-26-49-35-33-41(37(43)31-36(42)40-23-20-24-47-30-29-46-3)32-34(35)48-25-17-13-11-14-21-38(44)50-27-16-9-7-5-2/h34-35H,4-33H2,1-3H3,(H,40,42). The molecule has 1 saturated heterocycles. The molecule has 0 spiro atoms. The number of esters is 2. The van der Waals surface area contributed by atoms with E-state index in [0.29, 0.717) is 98.0 Å². The molecule has 1 fully saturated rings. The first-order valence-corrected chi connectivity index (χ1v) is 20.1. The van der Waals surface area contributed by atoms with E-state index in [1.54, 1.807) is 12.0 Å². The van der Waals surface area contributed by atoms with E-state index in [9.17, 15) is 19.2 Å². The molecule has 1 rings (SSSR count). The molecule has 51 heavy (non-hydrogen) atoms. The Morgan fingerprint density at radius 3 is 1.65 bits per heavy atom. The Hall–Kier alpha value is -2.28. The van der Waals surface area contributed by atoms with Gasteiger partial charge in [0, 0.05) is 59.4 Å². The number of nitrogens with one attached hydrogen (secondary N) is 1. The van der Waals surface area contributed by atoms with Crippen molar-refractivity contribution in [2.45, 2.75) is 154 Å². The monoisotopic (exact) mass is 729 g/mol. The minimum absolute atomic E-state index is 0.121. The van der Waals surface area contributed by atoms with E-state index < -0.39 is 0 Å². The van der Waals surface area contributed by atoms with E-state index in [0.717, 1.165) is 57.8 Å². The van der Waals surface area contributed by atoms with Gasteiger partial charge < -0.3 is 38.6 Å². The van der Waals surface area contributed by atoms with E-state index in [1.807, 2.05) is 0 Å². The van der Waals surface area contributed by atoms with E-state index in [4.69, 9.17) is 28.4 Å². The fourth-order valence-corrected chi connectivity index (χ4v) is 5.72. The molecule has 0 aromatic carbocycles. The van der Waals surface area contributed by atoms with Crippen molar-refractivity contribution in [3.05, 3.63) is 0 Å². The molecule has 2 unspecified atom stereocenters. The molecule has 1 heterocycles. The summed E-state index contributed by atoms with van der Waals surface area (Å²) in [7, 11) is 1.62. The number of hydrogen-bond donors (Lipinski definition) is 1. The van der Waals surface area contributed by atoms with Gasteiger partial charge >= 0.3 is 11.9 Å². The maximum Gasteiger partial charge on any atom is 0.305 e. The number of likely N-dealkylation sites (tertiary alicyclic amines) is 1. The molecule has 0 bridgehead atoms. The topological polar surface area (TPSA) is 139 Å². The van der Waals surface area contributed by atoms with Crippen LogP contribution in [0.4, 0.5) is 0 Å². The highest BCUT2D eigenvalue weighted by molar-refractivity contribution is 5.97. The van der Waals surface area contributed by atoms with Crippen LogP contribution in [0.5, 0.6) is 0 Å². The highest BCUT2D eigenvalue weighted by Gasteiger charge is 2.37. The van der Waals surface area contributed by atoms with Gasteiger partial charge in [-0.15, -0.1) is 0 Å². The predicted octanol–water partition coefficient (Wildman–Crippen LogP) is 6.31. The Kier molecular flexibility index (Phi) is 30.7. The summed E-state index contributed by atoms with van der Waals surface area (Å²) < 4.78 is 33.4. The number of unbranched alkanes of at least 4 members (excludes halogenated alkanes) is 12. The van der Waals surface area contributed by atoms with Crippen LogP contribution in [0, 0.1) is 0 Å². The number of nitrogens with zero attached hydrogens (tertiary/aromatic N) is 1. The molecular formula is C39H72N2O10. The summed E-state index contributed by atoms with van der Waals surface area (Å²) in [5.74, 6) is -0.862. The van der Waals surface area contributed by atoms with Crippen molar-refractivity contribution in [3.8, 4) is 0 Å². The Balaban J connectivity index is 2.40. The van der Waals surface area contributed by atoms with Gasteiger partial charge in [-0.1, -0.05) is 78.1 Å². The van der Waals surface area contributed by atoms with Crippen LogP contribution in [-0.4, -0.2) is 114 Å². The van der Waals surface area contributed by atoms with E-state index in [-0.39, 0.29) is 42.4 Å². The summed E-state index contributed by atoms with van der Waals surface area (Å²) in [6, 6.07) is 0. The molecule has 2 amide bonds. The van der Waals surface area contributed by atoms with Crippen LogP contribution in [0.3, 0.4) is 0 Å². The minimum atomic E-state index is -0.317. The smallest absolute Gasteiger partial charge is 0.305 e. The van der Waals surface area contributed by atoms with Crippen molar-refractivity contribution in [2.24, 2.45) is 0 Å². The maximum atomic E-state index is 13.0. The summed E-state index contributed by atoms with van der Waals surface area (Å²) in [4.78, 5) is 51.2. The van der Waals surface area contributed by atoms with Gasteiger partial charge in [0.05, 0.1) is 26.4 Å². The summed E-state index contributed by atoms with van der Waals surface area (Å²) in [5.41, 5.74) is 0. The first-order chi connectivity index (χ1) is 24.9. The second-order valence-electron chi connectivity index (χ2n) is 13.5. The van der Waals surface area contributed by atoms with Gasteiger partial charge in [0.25, 0.3) is 0 Å². The zero-order valence-electron chi connectivity index (χ0n) is 32.4. The van der Waals surface area contributed by atoms with Crippen molar-refractivity contribution in [2.75, 3.05) is 73.0 Å². The lowest BCUT2D eigenvalue weighted by Crippen LogP contribution is -2.35. The van der Waals surface area contributed by atoms with Crippen molar-refractivity contribution >= 4 is 23.8 Å². The lowest BCUT2D eigenvalue weighted by atomic mass is 10.1. The van der Waals surface area contributed by atoms with Crippen molar-refractivity contribution in [1.29, 1.82) is 0 Å². The summed E-state index contributed by atoms with van der Waals surface area (Å²) in [5, 5.41) is 2.79. The second-order valence-corrected chi connectivity index (χ2v) is 13.5. The first kappa shape index (κ1) is 46.7. The third-order valence-electron chi connectivity index (χ3n) is 8.84. The molecular weight excluding hydrogens is 656 g/mol. The summed E-state index contributed by atoms with van der Waals surface area (Å²) in [6.45, 7) is 9.00. The van der Waals surface area contributed by atoms with Gasteiger partial charge in [0.1, 0.15) is 18.6 Å². The van der Waals surface area contributed by atoms with Gasteiger partial charge in [0.2, 0.25) is 11.8 Å². The number of carbonyl (C=O) groups is 4. The molecule has 1 aliphatic rings. The van der Waals surface area contributed by atoms with Crippen LogP contribution in [0.15, 0.2) is 0 Å². The lowest BCUT2D eigenvalue weighted by Gasteiger charge is -2.19. The van der Waals surface area contributed by atoms with Crippen LogP contribution < -0.4 is 5.32 Å². The molecule has 12 heteroatoms. The molecule has 298 valence electrons. The molecule has 12 nitrogen and oxygen atoms in total. The zero-order chi connectivity index (χ0) is 37.2. The normalized spacial score (nSPS) is 15.6. The summed E-state index contributed by atoms with van der Waals surface area (Å²) >= 11 is 0. The maximum absolute atomic E-state index is 13.0.